The highest BCUT2D eigenvalue weighted by Gasteiger charge is 2.12. The second kappa shape index (κ2) is 10.4. The van der Waals surface area contributed by atoms with Gasteiger partial charge in [-0.25, -0.2) is 9.37 Å². The number of hydrogen-bond donors (Lipinski definition) is 2. The molecule has 3 aromatic rings. The number of amides is 2. The quantitative estimate of drug-likeness (QED) is 0.537. The molecule has 0 saturated carbocycles. The first-order chi connectivity index (χ1) is 14.5. The van der Waals surface area contributed by atoms with Crippen molar-refractivity contribution in [3.8, 4) is 11.5 Å². The third-order valence-corrected chi connectivity index (χ3v) is 4.80. The predicted octanol–water partition coefficient (Wildman–Crippen LogP) is 3.26. The van der Waals surface area contributed by atoms with Gasteiger partial charge in [0.1, 0.15) is 34.6 Å². The van der Waals surface area contributed by atoms with E-state index < -0.39 is 11.8 Å². The molecule has 0 aliphatic rings. The smallest absolute Gasteiger partial charge is 0.289 e. The van der Waals surface area contributed by atoms with Crippen molar-refractivity contribution in [2.24, 2.45) is 0 Å². The first-order valence-electron chi connectivity index (χ1n) is 9.17. The molecule has 156 valence electrons. The summed E-state index contributed by atoms with van der Waals surface area (Å²) in [5.74, 6) is -0.344. The Balaban J connectivity index is 1.40. The van der Waals surface area contributed by atoms with Crippen molar-refractivity contribution < 1.29 is 23.5 Å². The minimum atomic E-state index is -0.556. The summed E-state index contributed by atoms with van der Waals surface area (Å²) in [5.41, 5.74) is 5.89. The van der Waals surface area contributed by atoms with Crippen LogP contribution in [0, 0.1) is 5.82 Å². The standard InChI is InChI=1S/C21H20FN3O4S/c1-2-14-3-7-16(8-4-14)28-11-19(26)24-25-21(27)18-13-30-20(23-18)12-29-17-9-5-15(22)6-10-17/h3-10,13H,2,11-12H2,1H3,(H,24,26)(H,25,27). The number of thiazole rings is 1. The van der Waals surface area contributed by atoms with Crippen LogP contribution < -0.4 is 20.3 Å². The molecular formula is C21H20FN3O4S. The molecule has 0 radical (unpaired) electrons. The van der Waals surface area contributed by atoms with E-state index in [1.54, 1.807) is 17.5 Å². The molecule has 0 aliphatic heterocycles. The summed E-state index contributed by atoms with van der Waals surface area (Å²) in [6, 6.07) is 13.0. The van der Waals surface area contributed by atoms with Gasteiger partial charge in [-0.15, -0.1) is 11.3 Å². The van der Waals surface area contributed by atoms with Crippen LogP contribution in [-0.4, -0.2) is 23.4 Å². The van der Waals surface area contributed by atoms with E-state index in [4.69, 9.17) is 9.47 Å². The van der Waals surface area contributed by atoms with Crippen molar-refractivity contribution in [1.82, 2.24) is 15.8 Å². The van der Waals surface area contributed by atoms with Gasteiger partial charge in [0.25, 0.3) is 11.8 Å². The molecule has 2 N–H and O–H groups in total. The Kier molecular flexibility index (Phi) is 7.34. The number of carbonyl (C=O) groups is 2. The van der Waals surface area contributed by atoms with E-state index in [1.807, 2.05) is 12.1 Å². The Bertz CT molecular complexity index is 990. The number of halogens is 1. The third kappa shape index (κ3) is 6.28. The van der Waals surface area contributed by atoms with Crippen molar-refractivity contribution in [2.45, 2.75) is 20.0 Å². The van der Waals surface area contributed by atoms with Crippen molar-refractivity contribution in [3.05, 3.63) is 76.0 Å². The second-order valence-corrected chi connectivity index (χ2v) is 7.10. The van der Waals surface area contributed by atoms with E-state index in [2.05, 4.69) is 22.8 Å². The Morgan fingerprint density at radius 3 is 2.37 bits per heavy atom. The SMILES string of the molecule is CCc1ccc(OCC(=O)NNC(=O)c2csc(COc3ccc(F)cc3)n2)cc1. The number of rotatable bonds is 8. The Morgan fingerprint density at radius 2 is 1.67 bits per heavy atom. The molecule has 0 aliphatic carbocycles. The fourth-order valence-corrected chi connectivity index (χ4v) is 3.04. The molecule has 7 nitrogen and oxygen atoms in total. The molecule has 0 unspecified atom stereocenters. The van der Waals surface area contributed by atoms with E-state index in [-0.39, 0.29) is 24.7 Å². The zero-order valence-electron chi connectivity index (χ0n) is 16.2. The van der Waals surface area contributed by atoms with Crippen LogP contribution in [0.25, 0.3) is 0 Å². The number of hydrogen-bond acceptors (Lipinski definition) is 6. The minimum Gasteiger partial charge on any atom is -0.486 e. The zero-order chi connectivity index (χ0) is 21.3. The van der Waals surface area contributed by atoms with E-state index in [9.17, 15) is 14.0 Å². The lowest BCUT2D eigenvalue weighted by atomic mass is 10.2. The zero-order valence-corrected chi connectivity index (χ0v) is 17.0. The Labute approximate surface area is 176 Å². The molecule has 0 spiro atoms. The molecule has 0 fully saturated rings. The number of hydrazine groups is 1. The van der Waals surface area contributed by atoms with Gasteiger partial charge in [-0.1, -0.05) is 19.1 Å². The number of aromatic nitrogens is 1. The lowest BCUT2D eigenvalue weighted by Crippen LogP contribution is -2.44. The van der Waals surface area contributed by atoms with Crippen LogP contribution in [0.2, 0.25) is 0 Å². The van der Waals surface area contributed by atoms with Crippen LogP contribution in [0.1, 0.15) is 28.0 Å². The van der Waals surface area contributed by atoms with Crippen molar-refractivity contribution in [1.29, 1.82) is 0 Å². The molecular weight excluding hydrogens is 409 g/mol. The lowest BCUT2D eigenvalue weighted by Gasteiger charge is -2.08. The Morgan fingerprint density at radius 1 is 1.00 bits per heavy atom. The van der Waals surface area contributed by atoms with E-state index in [1.165, 1.54) is 41.2 Å². The van der Waals surface area contributed by atoms with E-state index in [0.717, 1.165) is 6.42 Å². The fourth-order valence-electron chi connectivity index (χ4n) is 2.35. The number of nitrogens with one attached hydrogen (secondary N) is 2. The van der Waals surface area contributed by atoms with Gasteiger partial charge in [0.15, 0.2) is 6.61 Å². The molecule has 1 heterocycles. The first-order valence-corrected chi connectivity index (χ1v) is 10.0. The van der Waals surface area contributed by atoms with Gasteiger partial charge in [-0.3, -0.25) is 20.4 Å². The normalized spacial score (nSPS) is 10.3. The van der Waals surface area contributed by atoms with Gasteiger partial charge >= 0.3 is 0 Å². The summed E-state index contributed by atoms with van der Waals surface area (Å²) in [6.45, 7) is 1.95. The molecule has 2 amide bonds. The van der Waals surface area contributed by atoms with Crippen LogP contribution in [0.15, 0.2) is 53.9 Å². The molecule has 0 saturated heterocycles. The van der Waals surface area contributed by atoms with E-state index in [0.29, 0.717) is 16.5 Å². The number of carbonyl (C=O) groups excluding carboxylic acids is 2. The monoisotopic (exact) mass is 429 g/mol. The van der Waals surface area contributed by atoms with Crippen LogP contribution in [-0.2, 0) is 17.8 Å². The minimum absolute atomic E-state index is 0.139. The predicted molar refractivity (Wildman–Crippen MR) is 110 cm³/mol. The summed E-state index contributed by atoms with van der Waals surface area (Å²) in [5, 5.41) is 2.12. The van der Waals surface area contributed by atoms with Crippen molar-refractivity contribution in [3.63, 3.8) is 0 Å². The summed E-state index contributed by atoms with van der Waals surface area (Å²) in [7, 11) is 0. The lowest BCUT2D eigenvalue weighted by molar-refractivity contribution is -0.123. The molecule has 1 aromatic heterocycles. The van der Waals surface area contributed by atoms with Crippen molar-refractivity contribution in [2.75, 3.05) is 6.61 Å². The van der Waals surface area contributed by atoms with E-state index >= 15 is 0 Å². The maximum Gasteiger partial charge on any atom is 0.289 e. The molecule has 30 heavy (non-hydrogen) atoms. The largest absolute Gasteiger partial charge is 0.486 e. The van der Waals surface area contributed by atoms with Gasteiger partial charge in [0, 0.05) is 5.38 Å². The summed E-state index contributed by atoms with van der Waals surface area (Å²) < 4.78 is 23.8. The van der Waals surface area contributed by atoms with Gasteiger partial charge in [-0.2, -0.15) is 0 Å². The van der Waals surface area contributed by atoms with Crippen LogP contribution >= 0.6 is 11.3 Å². The van der Waals surface area contributed by atoms with Gasteiger partial charge < -0.3 is 9.47 Å². The van der Waals surface area contributed by atoms with Crippen molar-refractivity contribution >= 4 is 23.2 Å². The summed E-state index contributed by atoms with van der Waals surface area (Å²) >= 11 is 1.24. The molecule has 3 rings (SSSR count). The van der Waals surface area contributed by atoms with Gasteiger partial charge in [0.2, 0.25) is 0 Å². The highest BCUT2D eigenvalue weighted by molar-refractivity contribution is 7.09. The van der Waals surface area contributed by atoms with Crippen LogP contribution in [0.5, 0.6) is 11.5 Å². The first kappa shape index (κ1) is 21.3. The molecule has 0 atom stereocenters. The number of aryl methyl sites for hydroxylation is 1. The van der Waals surface area contributed by atoms with Crippen LogP contribution in [0.3, 0.4) is 0 Å². The molecule has 2 aromatic carbocycles. The Hall–Kier alpha value is -3.46. The number of nitrogens with zero attached hydrogens (tertiary/aromatic N) is 1. The van der Waals surface area contributed by atoms with Gasteiger partial charge in [-0.05, 0) is 48.4 Å². The third-order valence-electron chi connectivity index (χ3n) is 3.98. The maximum absolute atomic E-state index is 12.9. The highest BCUT2D eigenvalue weighted by atomic mass is 32.1. The topological polar surface area (TPSA) is 89.6 Å². The number of ether oxygens (including phenoxy) is 2. The average molecular weight is 429 g/mol. The second-order valence-electron chi connectivity index (χ2n) is 6.16. The highest BCUT2D eigenvalue weighted by Crippen LogP contribution is 2.16. The fraction of sp³-hybridized carbons (Fsp3) is 0.190. The summed E-state index contributed by atoms with van der Waals surface area (Å²) in [4.78, 5) is 28.1. The maximum atomic E-state index is 12.9. The molecule has 0 bridgehead atoms. The van der Waals surface area contributed by atoms with Gasteiger partial charge in [0.05, 0.1) is 0 Å². The summed E-state index contributed by atoms with van der Waals surface area (Å²) in [6.07, 6.45) is 0.920. The number of benzene rings is 2. The molecule has 9 heteroatoms. The average Bonchev–Trinajstić information content (AvgIpc) is 3.25. The van der Waals surface area contributed by atoms with Crippen LogP contribution in [0.4, 0.5) is 4.39 Å².